The van der Waals surface area contributed by atoms with Gasteiger partial charge in [0.2, 0.25) is 5.52 Å². The molecule has 0 saturated carbocycles. The second kappa shape index (κ2) is 4.74. The maximum absolute atomic E-state index is 4.39. The molecule has 2 rings (SSSR count). The van der Waals surface area contributed by atoms with Gasteiger partial charge in [-0.25, -0.2) is 0 Å². The van der Waals surface area contributed by atoms with Crippen molar-refractivity contribution < 1.29 is 28.7 Å². The Morgan fingerprint density at radius 3 is 2.67 bits per heavy atom. The normalized spacial score (nSPS) is 9.80. The van der Waals surface area contributed by atoms with E-state index in [0.717, 1.165) is 11.0 Å². The summed E-state index contributed by atoms with van der Waals surface area (Å²) in [6.07, 6.45) is 2.03. The highest BCUT2D eigenvalue weighted by molar-refractivity contribution is 5.73. The predicted octanol–water partition coefficient (Wildman–Crippen LogP) is -1.25. The molecule has 0 saturated heterocycles. The Kier molecular flexibility index (Phi) is 3.84. The molecule has 0 aliphatic heterocycles. The van der Waals surface area contributed by atoms with Crippen molar-refractivity contribution in [2.75, 3.05) is 0 Å². The Morgan fingerprint density at radius 2 is 2.00 bits per heavy atom. The molecule has 0 aliphatic rings. The van der Waals surface area contributed by atoms with E-state index in [4.69, 9.17) is 0 Å². The lowest BCUT2D eigenvalue weighted by Gasteiger charge is -1.86. The van der Waals surface area contributed by atoms with Crippen molar-refractivity contribution in [3.05, 3.63) is 29.8 Å². The van der Waals surface area contributed by atoms with Crippen LogP contribution in [0.2, 0.25) is 0 Å². The first kappa shape index (κ1) is 12.2. The summed E-state index contributed by atoms with van der Waals surface area (Å²) in [5.41, 5.74) is 3.51. The highest BCUT2D eigenvalue weighted by Gasteiger charge is 2.11. The first-order chi connectivity index (χ1) is 6.68. The van der Waals surface area contributed by atoms with Gasteiger partial charge in [0.1, 0.15) is 13.2 Å². The van der Waals surface area contributed by atoms with Crippen LogP contribution in [-0.4, -0.2) is 9.90 Å². The topological polar surface area (TPSA) is 21.7 Å². The lowest BCUT2D eigenvalue weighted by molar-refractivity contribution is -0.708. The molecule has 80 valence electrons. The smallest absolute Gasteiger partial charge is 0.203 e. The van der Waals surface area contributed by atoms with Crippen LogP contribution >= 0.6 is 0 Å². The number of hydrogen-bond donors (Lipinski definition) is 0. The SMILES string of the molecule is CC(C)=Cn1n[n+](C)c2ccccc21.[I-]. The Bertz CT molecular complexity index is 496. The summed E-state index contributed by atoms with van der Waals surface area (Å²) >= 11 is 0. The minimum atomic E-state index is 0. The number of nitrogens with zero attached hydrogens (tertiary/aromatic N) is 3. The maximum Gasteiger partial charge on any atom is 0.203 e. The molecular formula is C11H14IN3. The van der Waals surface area contributed by atoms with Gasteiger partial charge >= 0.3 is 0 Å². The van der Waals surface area contributed by atoms with E-state index in [1.807, 2.05) is 34.7 Å². The van der Waals surface area contributed by atoms with Gasteiger partial charge in [0.25, 0.3) is 0 Å². The Balaban J connectivity index is 0.00000112. The van der Waals surface area contributed by atoms with Crippen LogP contribution in [0.1, 0.15) is 13.8 Å². The summed E-state index contributed by atoms with van der Waals surface area (Å²) in [5, 5.41) is 4.39. The van der Waals surface area contributed by atoms with Gasteiger partial charge in [-0.3, -0.25) is 0 Å². The van der Waals surface area contributed by atoms with Gasteiger partial charge < -0.3 is 24.0 Å². The standard InChI is InChI=1S/C11H14N3.HI/c1-9(2)8-14-11-7-5-4-6-10(11)13(3)12-14;/h4-8H,1-3H3;1H/q+1;/p-1. The highest BCUT2D eigenvalue weighted by Crippen LogP contribution is 2.09. The van der Waals surface area contributed by atoms with Crippen molar-refractivity contribution in [3.63, 3.8) is 0 Å². The van der Waals surface area contributed by atoms with Crippen LogP contribution in [0.15, 0.2) is 29.8 Å². The first-order valence-corrected chi connectivity index (χ1v) is 4.67. The van der Waals surface area contributed by atoms with E-state index in [1.165, 1.54) is 5.57 Å². The monoisotopic (exact) mass is 315 g/mol. The van der Waals surface area contributed by atoms with Crippen LogP contribution in [0.5, 0.6) is 0 Å². The van der Waals surface area contributed by atoms with Gasteiger partial charge in [-0.15, -0.1) is 9.36 Å². The summed E-state index contributed by atoms with van der Waals surface area (Å²) in [4.78, 5) is 0. The molecule has 0 unspecified atom stereocenters. The van der Waals surface area contributed by atoms with Crippen molar-refractivity contribution >= 4 is 17.2 Å². The number of rotatable bonds is 1. The van der Waals surface area contributed by atoms with E-state index in [2.05, 4.69) is 31.2 Å². The van der Waals surface area contributed by atoms with E-state index in [1.54, 1.807) is 0 Å². The second-order valence-electron chi connectivity index (χ2n) is 3.65. The fraction of sp³-hybridized carbons (Fsp3) is 0.273. The number of benzene rings is 1. The molecule has 0 spiro atoms. The minimum absolute atomic E-state index is 0. The van der Waals surface area contributed by atoms with Crippen molar-refractivity contribution in [3.8, 4) is 0 Å². The zero-order chi connectivity index (χ0) is 10.1. The number of para-hydroxylation sites is 2. The van der Waals surface area contributed by atoms with Gasteiger partial charge in [0.15, 0.2) is 5.52 Å². The molecule has 4 heteroatoms. The van der Waals surface area contributed by atoms with Crippen molar-refractivity contribution in [2.45, 2.75) is 13.8 Å². The molecule has 3 nitrogen and oxygen atoms in total. The maximum atomic E-state index is 4.39. The molecule has 1 aromatic carbocycles. The fourth-order valence-corrected chi connectivity index (χ4v) is 1.51. The number of aryl methyl sites for hydroxylation is 1. The van der Waals surface area contributed by atoms with Crippen molar-refractivity contribution in [2.24, 2.45) is 7.05 Å². The molecule has 0 amide bonds. The molecule has 1 aromatic heterocycles. The van der Waals surface area contributed by atoms with E-state index in [9.17, 15) is 0 Å². The van der Waals surface area contributed by atoms with Crippen LogP contribution < -0.4 is 28.7 Å². The van der Waals surface area contributed by atoms with Gasteiger partial charge in [-0.1, -0.05) is 12.1 Å². The molecule has 2 aromatic rings. The minimum Gasteiger partial charge on any atom is -1.00 e. The number of halogens is 1. The van der Waals surface area contributed by atoms with Crippen LogP contribution in [0.3, 0.4) is 0 Å². The van der Waals surface area contributed by atoms with E-state index < -0.39 is 0 Å². The van der Waals surface area contributed by atoms with Crippen LogP contribution in [0.25, 0.3) is 17.2 Å². The highest BCUT2D eigenvalue weighted by atomic mass is 127. The third kappa shape index (κ3) is 2.37. The summed E-state index contributed by atoms with van der Waals surface area (Å²) in [6.45, 7) is 4.13. The third-order valence-electron chi connectivity index (χ3n) is 2.09. The summed E-state index contributed by atoms with van der Waals surface area (Å²) in [6, 6.07) is 8.19. The van der Waals surface area contributed by atoms with Crippen LogP contribution in [-0.2, 0) is 7.05 Å². The molecule has 0 aliphatic carbocycles. The Hall–Kier alpha value is -0.910. The number of hydrogen-bond acceptors (Lipinski definition) is 1. The molecule has 0 N–H and O–H groups in total. The summed E-state index contributed by atoms with van der Waals surface area (Å²) < 4.78 is 3.79. The van der Waals surface area contributed by atoms with Crippen molar-refractivity contribution in [1.82, 2.24) is 9.90 Å². The molecule has 0 fully saturated rings. The van der Waals surface area contributed by atoms with Gasteiger partial charge in [0.05, 0.1) is 5.21 Å². The Labute approximate surface area is 106 Å². The molecule has 0 bridgehead atoms. The number of aromatic nitrogens is 3. The predicted molar refractivity (Wildman–Crippen MR) is 56.5 cm³/mol. The molecule has 0 atom stereocenters. The number of fused-ring (bicyclic) bond motifs is 1. The quantitative estimate of drug-likeness (QED) is 0.476. The molecular weight excluding hydrogens is 301 g/mol. The molecule has 1 heterocycles. The summed E-state index contributed by atoms with van der Waals surface area (Å²) in [5.74, 6) is 0. The van der Waals surface area contributed by atoms with Crippen molar-refractivity contribution in [1.29, 1.82) is 0 Å². The van der Waals surface area contributed by atoms with E-state index in [0.29, 0.717) is 0 Å². The van der Waals surface area contributed by atoms with Gasteiger partial charge in [0, 0.05) is 0 Å². The lowest BCUT2D eigenvalue weighted by atomic mass is 10.3. The molecule has 0 radical (unpaired) electrons. The lowest BCUT2D eigenvalue weighted by Crippen LogP contribution is -3.00. The van der Waals surface area contributed by atoms with Gasteiger partial charge in [-0.2, -0.15) is 0 Å². The molecule has 15 heavy (non-hydrogen) atoms. The average Bonchev–Trinajstić information content (AvgIpc) is 2.44. The average molecular weight is 315 g/mol. The van der Waals surface area contributed by atoms with Crippen LogP contribution in [0.4, 0.5) is 0 Å². The van der Waals surface area contributed by atoms with E-state index in [-0.39, 0.29) is 24.0 Å². The zero-order valence-electron chi connectivity index (χ0n) is 9.11. The van der Waals surface area contributed by atoms with Crippen LogP contribution in [0, 0.1) is 0 Å². The van der Waals surface area contributed by atoms with E-state index >= 15 is 0 Å². The zero-order valence-corrected chi connectivity index (χ0v) is 11.3. The largest absolute Gasteiger partial charge is 1.00 e. The Morgan fingerprint density at radius 1 is 1.33 bits per heavy atom. The number of allylic oxidation sites excluding steroid dienone is 1. The second-order valence-corrected chi connectivity index (χ2v) is 3.65. The fourth-order valence-electron chi connectivity index (χ4n) is 1.51. The third-order valence-corrected chi connectivity index (χ3v) is 2.09. The first-order valence-electron chi connectivity index (χ1n) is 4.67. The summed E-state index contributed by atoms with van der Waals surface area (Å²) in [7, 11) is 1.96. The van der Waals surface area contributed by atoms with Gasteiger partial charge in [-0.05, 0) is 31.6 Å².